The second-order valence-electron chi connectivity index (χ2n) is 7.79. The zero-order valence-corrected chi connectivity index (χ0v) is 19.1. The van der Waals surface area contributed by atoms with E-state index in [1.54, 1.807) is 0 Å². The summed E-state index contributed by atoms with van der Waals surface area (Å²) in [5.74, 6) is 0.817. The first-order valence-corrected chi connectivity index (χ1v) is 10.8. The Balaban J connectivity index is 0.000000243. The third kappa shape index (κ3) is 7.17. The topological polar surface area (TPSA) is 56.3 Å². The van der Waals surface area contributed by atoms with Crippen molar-refractivity contribution in [2.45, 2.75) is 32.9 Å². The van der Waals surface area contributed by atoms with Gasteiger partial charge in [0.15, 0.2) is 0 Å². The minimum Gasteiger partial charge on any atom is -0.491 e. The van der Waals surface area contributed by atoms with Gasteiger partial charge in [0.2, 0.25) is 0 Å². The molecule has 5 nitrogen and oxygen atoms in total. The van der Waals surface area contributed by atoms with Crippen LogP contribution in [0.5, 0.6) is 5.75 Å². The van der Waals surface area contributed by atoms with Crippen molar-refractivity contribution in [1.29, 1.82) is 0 Å². The van der Waals surface area contributed by atoms with Gasteiger partial charge in [-0.3, -0.25) is 9.97 Å². The predicted octanol–water partition coefficient (Wildman–Crippen LogP) is 5.13. The second kappa shape index (κ2) is 12.0. The van der Waals surface area contributed by atoms with Gasteiger partial charge in [-0.05, 0) is 74.0 Å². The largest absolute Gasteiger partial charge is 0.491 e. The Labute approximate surface area is 190 Å². The van der Waals surface area contributed by atoms with Crippen LogP contribution in [0.25, 0.3) is 17.3 Å². The van der Waals surface area contributed by atoms with Crippen molar-refractivity contribution in [2.24, 2.45) is 0 Å². The van der Waals surface area contributed by atoms with Crippen LogP contribution in [0.2, 0.25) is 0 Å². The van der Waals surface area contributed by atoms with Crippen LogP contribution in [0.4, 0.5) is 0 Å². The highest BCUT2D eigenvalue weighted by Gasteiger charge is 2.18. The Morgan fingerprint density at radius 2 is 2.00 bits per heavy atom. The van der Waals surface area contributed by atoms with Crippen molar-refractivity contribution < 1.29 is 9.47 Å². The number of aromatic nitrogens is 2. The molecular formula is C27H31N3O2. The Bertz CT molecular complexity index is 1040. The van der Waals surface area contributed by atoms with Crippen molar-refractivity contribution in [3.8, 4) is 17.0 Å². The minimum atomic E-state index is 0.222. The number of nitrogens with one attached hydrogen (secondary N) is 1. The van der Waals surface area contributed by atoms with E-state index in [4.69, 9.17) is 9.47 Å². The lowest BCUT2D eigenvalue weighted by Crippen LogP contribution is -2.32. The summed E-state index contributed by atoms with van der Waals surface area (Å²) in [6.07, 6.45) is 6.89. The Morgan fingerprint density at radius 1 is 1.16 bits per heavy atom. The van der Waals surface area contributed by atoms with E-state index < -0.39 is 0 Å². The van der Waals surface area contributed by atoms with E-state index in [0.717, 1.165) is 53.4 Å². The van der Waals surface area contributed by atoms with Gasteiger partial charge in [-0.2, -0.15) is 0 Å². The maximum absolute atomic E-state index is 5.86. The van der Waals surface area contributed by atoms with Gasteiger partial charge in [-0.1, -0.05) is 18.7 Å². The number of rotatable bonds is 7. The van der Waals surface area contributed by atoms with Gasteiger partial charge in [-0.15, -0.1) is 5.73 Å². The number of nitrogens with zero attached hydrogens (tertiary/aromatic N) is 2. The van der Waals surface area contributed by atoms with E-state index in [1.165, 1.54) is 5.56 Å². The standard InChI is InChI=1S/C19H19NO2.C8H12N2/c1-3-4-15-9-16(19-6-5-14(2)12-20-19)11-18(10-15)22-13-17-7-8-21-17;1-7-3-4-8(5-9-2)6-10-7/h4-6,9-12,17H,1,7-8,13H2,2H3;3-4,6,9H,5H2,1-2H3. The lowest BCUT2D eigenvalue weighted by atomic mass is 10.1. The predicted molar refractivity (Wildman–Crippen MR) is 130 cm³/mol. The maximum atomic E-state index is 5.86. The fourth-order valence-corrected chi connectivity index (χ4v) is 3.11. The molecule has 1 unspecified atom stereocenters. The monoisotopic (exact) mass is 429 g/mol. The highest BCUT2D eigenvalue weighted by atomic mass is 16.5. The van der Waals surface area contributed by atoms with E-state index in [1.807, 2.05) is 63.6 Å². The SMILES string of the molecule is C=C=Cc1cc(OCC2CCO2)cc(-c2ccc(C)cn2)c1.CNCc1ccc(C)nc1. The maximum Gasteiger partial charge on any atom is 0.120 e. The first kappa shape index (κ1) is 23.4. The van der Waals surface area contributed by atoms with E-state index in [0.29, 0.717) is 6.61 Å². The van der Waals surface area contributed by atoms with Gasteiger partial charge in [0, 0.05) is 43.2 Å². The Hall–Kier alpha value is -3.24. The van der Waals surface area contributed by atoms with Gasteiger partial charge < -0.3 is 14.8 Å². The molecule has 1 fully saturated rings. The van der Waals surface area contributed by atoms with Crippen LogP contribution in [0.1, 0.15) is 28.8 Å². The summed E-state index contributed by atoms with van der Waals surface area (Å²) in [7, 11) is 1.93. The molecule has 166 valence electrons. The van der Waals surface area contributed by atoms with Crippen molar-refractivity contribution in [2.75, 3.05) is 20.3 Å². The van der Waals surface area contributed by atoms with Crippen LogP contribution in [0.3, 0.4) is 0 Å². The van der Waals surface area contributed by atoms with E-state index in [-0.39, 0.29) is 6.10 Å². The van der Waals surface area contributed by atoms with Crippen LogP contribution in [0, 0.1) is 13.8 Å². The first-order chi connectivity index (χ1) is 15.6. The number of hydrogen-bond acceptors (Lipinski definition) is 5. The molecule has 1 aromatic carbocycles. The summed E-state index contributed by atoms with van der Waals surface area (Å²) in [4.78, 5) is 8.64. The summed E-state index contributed by atoms with van der Waals surface area (Å²) < 4.78 is 11.3. The van der Waals surface area contributed by atoms with Gasteiger partial charge in [0.25, 0.3) is 0 Å². The second-order valence-corrected chi connectivity index (χ2v) is 7.79. The number of hydrogen-bond donors (Lipinski definition) is 1. The molecule has 1 atom stereocenters. The normalized spacial score (nSPS) is 14.4. The number of benzene rings is 1. The molecule has 5 heteroatoms. The number of pyridine rings is 2. The van der Waals surface area contributed by atoms with Crippen molar-refractivity contribution in [3.63, 3.8) is 0 Å². The van der Waals surface area contributed by atoms with E-state index in [9.17, 15) is 0 Å². The van der Waals surface area contributed by atoms with Crippen LogP contribution >= 0.6 is 0 Å². The van der Waals surface area contributed by atoms with E-state index in [2.05, 4.69) is 45.8 Å². The molecule has 0 amide bonds. The molecule has 1 saturated heterocycles. The highest BCUT2D eigenvalue weighted by Crippen LogP contribution is 2.26. The fraction of sp³-hybridized carbons (Fsp3) is 0.296. The number of ether oxygens (including phenoxy) is 2. The average molecular weight is 430 g/mol. The van der Waals surface area contributed by atoms with Gasteiger partial charge in [-0.25, -0.2) is 0 Å². The van der Waals surface area contributed by atoms with Crippen molar-refractivity contribution in [1.82, 2.24) is 15.3 Å². The fourth-order valence-electron chi connectivity index (χ4n) is 3.11. The zero-order valence-electron chi connectivity index (χ0n) is 19.1. The van der Waals surface area contributed by atoms with E-state index >= 15 is 0 Å². The zero-order chi connectivity index (χ0) is 22.8. The molecule has 1 N–H and O–H groups in total. The molecule has 0 aliphatic carbocycles. The molecule has 4 rings (SSSR count). The van der Waals surface area contributed by atoms with Crippen molar-refractivity contribution >= 4 is 6.08 Å². The first-order valence-electron chi connectivity index (χ1n) is 10.8. The molecule has 3 heterocycles. The summed E-state index contributed by atoms with van der Waals surface area (Å²) in [6.45, 7) is 9.98. The minimum absolute atomic E-state index is 0.222. The summed E-state index contributed by atoms with van der Waals surface area (Å²) >= 11 is 0. The molecule has 0 radical (unpaired) electrons. The summed E-state index contributed by atoms with van der Waals surface area (Å²) in [6, 6.07) is 14.2. The molecule has 0 saturated carbocycles. The summed E-state index contributed by atoms with van der Waals surface area (Å²) in [5, 5.41) is 3.06. The Morgan fingerprint density at radius 3 is 2.59 bits per heavy atom. The lowest BCUT2D eigenvalue weighted by molar-refractivity contribution is -0.0720. The van der Waals surface area contributed by atoms with Gasteiger partial charge in [0.05, 0.1) is 11.8 Å². The molecular weight excluding hydrogens is 398 g/mol. The van der Waals surface area contributed by atoms with Gasteiger partial charge in [0.1, 0.15) is 12.4 Å². The molecule has 0 bridgehead atoms. The van der Waals surface area contributed by atoms with Crippen LogP contribution < -0.4 is 10.1 Å². The third-order valence-electron chi connectivity index (χ3n) is 4.99. The molecule has 32 heavy (non-hydrogen) atoms. The molecule has 0 spiro atoms. The van der Waals surface area contributed by atoms with Crippen molar-refractivity contribution in [3.05, 3.63) is 89.6 Å². The highest BCUT2D eigenvalue weighted by molar-refractivity contribution is 5.67. The quantitative estimate of drug-likeness (QED) is 0.528. The molecule has 1 aliphatic rings. The molecule has 1 aliphatic heterocycles. The van der Waals surface area contributed by atoms with Crippen LogP contribution in [0.15, 0.2) is 67.2 Å². The van der Waals surface area contributed by atoms with Gasteiger partial charge >= 0.3 is 0 Å². The smallest absolute Gasteiger partial charge is 0.120 e. The lowest BCUT2D eigenvalue weighted by Gasteiger charge is -2.26. The van der Waals surface area contributed by atoms with Crippen LogP contribution in [-0.2, 0) is 11.3 Å². The third-order valence-corrected chi connectivity index (χ3v) is 4.99. The average Bonchev–Trinajstić information content (AvgIpc) is 2.76. The summed E-state index contributed by atoms with van der Waals surface area (Å²) in [5.41, 5.74) is 9.20. The van der Waals surface area contributed by atoms with Crippen LogP contribution in [-0.4, -0.2) is 36.3 Å². The molecule has 3 aromatic rings. The Kier molecular flexibility index (Phi) is 8.76. The molecule has 2 aromatic heterocycles. The number of aryl methyl sites for hydroxylation is 2.